The van der Waals surface area contributed by atoms with E-state index in [0.29, 0.717) is 24.3 Å². The second-order valence-corrected chi connectivity index (χ2v) is 5.28. The van der Waals surface area contributed by atoms with E-state index in [1.54, 1.807) is 0 Å². The molecule has 1 fully saturated rings. The van der Waals surface area contributed by atoms with E-state index in [0.717, 1.165) is 25.3 Å². The van der Waals surface area contributed by atoms with Crippen molar-refractivity contribution >= 4 is 0 Å². The predicted octanol–water partition coefficient (Wildman–Crippen LogP) is 2.27. The Morgan fingerprint density at radius 2 is 2.30 bits per heavy atom. The fourth-order valence-corrected chi connectivity index (χ4v) is 2.39. The van der Waals surface area contributed by atoms with E-state index >= 15 is 0 Å². The molecule has 1 aromatic carbocycles. The summed E-state index contributed by atoms with van der Waals surface area (Å²) in [6.07, 6.45) is 0. The summed E-state index contributed by atoms with van der Waals surface area (Å²) in [5, 5.41) is 4.07. The summed E-state index contributed by atoms with van der Waals surface area (Å²) in [5.41, 5.74) is 2.19. The van der Waals surface area contributed by atoms with E-state index in [-0.39, 0.29) is 0 Å². The first kappa shape index (κ1) is 13.3. The Hall–Kier alpha value is -1.72. The van der Waals surface area contributed by atoms with Gasteiger partial charge in [0.25, 0.3) is 0 Å². The second kappa shape index (κ2) is 5.73. The molecule has 0 aliphatic carbocycles. The van der Waals surface area contributed by atoms with Crippen LogP contribution in [-0.2, 0) is 11.3 Å². The van der Waals surface area contributed by atoms with Crippen molar-refractivity contribution in [1.29, 1.82) is 0 Å². The molecule has 5 heteroatoms. The maximum absolute atomic E-state index is 5.43. The molecule has 2 aromatic rings. The third-order valence-corrected chi connectivity index (χ3v) is 3.59. The van der Waals surface area contributed by atoms with Crippen molar-refractivity contribution in [3.8, 4) is 11.4 Å². The number of hydrogen-bond acceptors (Lipinski definition) is 5. The van der Waals surface area contributed by atoms with Gasteiger partial charge in [-0.15, -0.1) is 0 Å². The summed E-state index contributed by atoms with van der Waals surface area (Å²) in [4.78, 5) is 6.79. The van der Waals surface area contributed by atoms with Gasteiger partial charge in [0.15, 0.2) is 0 Å². The van der Waals surface area contributed by atoms with Crippen molar-refractivity contribution in [2.24, 2.45) is 0 Å². The van der Waals surface area contributed by atoms with Gasteiger partial charge in [-0.1, -0.05) is 28.9 Å². The summed E-state index contributed by atoms with van der Waals surface area (Å²) >= 11 is 0. The van der Waals surface area contributed by atoms with E-state index in [4.69, 9.17) is 9.26 Å². The van der Waals surface area contributed by atoms with Gasteiger partial charge in [0.2, 0.25) is 11.7 Å². The molecule has 0 radical (unpaired) electrons. The monoisotopic (exact) mass is 273 g/mol. The second-order valence-electron chi connectivity index (χ2n) is 5.28. The van der Waals surface area contributed by atoms with Crippen LogP contribution < -0.4 is 0 Å². The molecule has 2 heterocycles. The Morgan fingerprint density at radius 3 is 3.10 bits per heavy atom. The van der Waals surface area contributed by atoms with Crippen LogP contribution in [0, 0.1) is 6.92 Å². The number of nitrogens with zero attached hydrogens (tertiary/aromatic N) is 3. The first-order valence-corrected chi connectivity index (χ1v) is 6.94. The van der Waals surface area contributed by atoms with Crippen LogP contribution in [0.1, 0.15) is 18.4 Å². The van der Waals surface area contributed by atoms with E-state index in [9.17, 15) is 0 Å². The molecule has 0 bridgehead atoms. The van der Waals surface area contributed by atoms with Crippen LogP contribution in [0.25, 0.3) is 11.4 Å². The summed E-state index contributed by atoms with van der Waals surface area (Å²) in [6, 6.07) is 8.51. The zero-order valence-electron chi connectivity index (χ0n) is 11.9. The predicted molar refractivity (Wildman–Crippen MR) is 75.2 cm³/mol. The minimum Gasteiger partial charge on any atom is -0.379 e. The molecule has 1 atom stereocenters. The van der Waals surface area contributed by atoms with Gasteiger partial charge >= 0.3 is 0 Å². The summed E-state index contributed by atoms with van der Waals surface area (Å²) in [6.45, 7) is 7.33. The third-order valence-electron chi connectivity index (χ3n) is 3.59. The van der Waals surface area contributed by atoms with Gasteiger partial charge in [-0.2, -0.15) is 4.98 Å². The largest absolute Gasteiger partial charge is 0.379 e. The Bertz CT molecular complexity index is 582. The molecule has 1 saturated heterocycles. The SMILES string of the molecule is Cc1cccc(-c2noc(CN3CCOC[C@H]3C)n2)c1. The Morgan fingerprint density at radius 1 is 1.40 bits per heavy atom. The molecular weight excluding hydrogens is 254 g/mol. The van der Waals surface area contributed by atoms with Crippen molar-refractivity contribution < 1.29 is 9.26 Å². The van der Waals surface area contributed by atoms with Crippen LogP contribution in [0.4, 0.5) is 0 Å². The van der Waals surface area contributed by atoms with Crippen LogP contribution in [0.2, 0.25) is 0 Å². The minimum absolute atomic E-state index is 0.387. The van der Waals surface area contributed by atoms with Crippen molar-refractivity contribution in [2.75, 3.05) is 19.8 Å². The molecule has 106 valence electrons. The van der Waals surface area contributed by atoms with Gasteiger partial charge in [0, 0.05) is 18.2 Å². The van der Waals surface area contributed by atoms with E-state index in [2.05, 4.69) is 41.0 Å². The van der Waals surface area contributed by atoms with Crippen LogP contribution in [-0.4, -0.2) is 40.8 Å². The number of rotatable bonds is 3. The van der Waals surface area contributed by atoms with E-state index < -0.39 is 0 Å². The highest BCUT2D eigenvalue weighted by Crippen LogP contribution is 2.18. The van der Waals surface area contributed by atoms with Crippen LogP contribution in [0.5, 0.6) is 0 Å². The standard InChI is InChI=1S/C15H19N3O2/c1-11-4-3-5-13(8-11)15-16-14(20-17-15)9-18-6-7-19-10-12(18)2/h3-5,8,12H,6-7,9-10H2,1-2H3/t12-/m1/s1. The lowest BCUT2D eigenvalue weighted by Crippen LogP contribution is -2.42. The lowest BCUT2D eigenvalue weighted by Gasteiger charge is -2.31. The highest BCUT2D eigenvalue weighted by molar-refractivity contribution is 5.55. The molecular formula is C15H19N3O2. The Kier molecular flexibility index (Phi) is 3.80. The number of ether oxygens (including phenoxy) is 1. The molecule has 20 heavy (non-hydrogen) atoms. The maximum atomic E-state index is 5.43. The summed E-state index contributed by atoms with van der Waals surface area (Å²) < 4.78 is 10.8. The lowest BCUT2D eigenvalue weighted by molar-refractivity contribution is -0.00852. The molecule has 3 rings (SSSR count). The molecule has 0 amide bonds. The van der Waals surface area contributed by atoms with Gasteiger partial charge in [0.1, 0.15) is 0 Å². The fourth-order valence-electron chi connectivity index (χ4n) is 2.39. The van der Waals surface area contributed by atoms with Gasteiger partial charge in [-0.3, -0.25) is 4.90 Å². The van der Waals surface area contributed by atoms with Gasteiger partial charge in [-0.05, 0) is 19.9 Å². The summed E-state index contributed by atoms with van der Waals surface area (Å²) in [5.74, 6) is 1.32. The van der Waals surface area contributed by atoms with Crippen LogP contribution in [0.15, 0.2) is 28.8 Å². The van der Waals surface area contributed by atoms with E-state index in [1.165, 1.54) is 5.56 Å². The average molecular weight is 273 g/mol. The average Bonchev–Trinajstić information content (AvgIpc) is 2.90. The molecule has 1 aromatic heterocycles. The van der Waals surface area contributed by atoms with E-state index in [1.807, 2.05) is 12.1 Å². The number of aryl methyl sites for hydroxylation is 1. The van der Waals surface area contributed by atoms with Crippen LogP contribution >= 0.6 is 0 Å². The highest BCUT2D eigenvalue weighted by Gasteiger charge is 2.21. The topological polar surface area (TPSA) is 51.4 Å². The molecule has 0 saturated carbocycles. The van der Waals surface area contributed by atoms with Crippen LogP contribution in [0.3, 0.4) is 0 Å². The molecule has 5 nitrogen and oxygen atoms in total. The van der Waals surface area contributed by atoms with Crippen molar-refractivity contribution in [3.05, 3.63) is 35.7 Å². The number of benzene rings is 1. The Labute approximate surface area is 118 Å². The third kappa shape index (κ3) is 2.89. The fraction of sp³-hybridized carbons (Fsp3) is 0.467. The molecule has 0 spiro atoms. The normalized spacial score (nSPS) is 20.2. The van der Waals surface area contributed by atoms with Crippen molar-refractivity contribution in [2.45, 2.75) is 26.4 Å². The summed E-state index contributed by atoms with van der Waals surface area (Å²) in [7, 11) is 0. The first-order chi connectivity index (χ1) is 9.72. The zero-order valence-corrected chi connectivity index (χ0v) is 11.9. The molecule has 0 unspecified atom stereocenters. The first-order valence-electron chi connectivity index (χ1n) is 6.94. The van der Waals surface area contributed by atoms with Gasteiger partial charge in [0.05, 0.1) is 19.8 Å². The van der Waals surface area contributed by atoms with Gasteiger partial charge < -0.3 is 9.26 Å². The molecule has 1 aliphatic heterocycles. The minimum atomic E-state index is 0.387. The zero-order chi connectivity index (χ0) is 13.9. The number of hydrogen-bond donors (Lipinski definition) is 0. The maximum Gasteiger partial charge on any atom is 0.241 e. The van der Waals surface area contributed by atoms with Crippen molar-refractivity contribution in [3.63, 3.8) is 0 Å². The quantitative estimate of drug-likeness (QED) is 0.858. The lowest BCUT2D eigenvalue weighted by atomic mass is 10.1. The molecule has 0 N–H and O–H groups in total. The highest BCUT2D eigenvalue weighted by atomic mass is 16.5. The number of aromatic nitrogens is 2. The molecule has 1 aliphatic rings. The Balaban J connectivity index is 1.73. The van der Waals surface area contributed by atoms with Crippen molar-refractivity contribution in [1.82, 2.24) is 15.0 Å². The number of morpholine rings is 1. The smallest absolute Gasteiger partial charge is 0.241 e. The van der Waals surface area contributed by atoms with Gasteiger partial charge in [-0.25, -0.2) is 0 Å².